The molecule has 0 radical (unpaired) electrons. The molecule has 2 rings (SSSR count). The van der Waals surface area contributed by atoms with E-state index in [9.17, 15) is 13.2 Å². The molecule has 22 heavy (non-hydrogen) atoms. The molecule has 1 amide bonds. The zero-order valence-electron chi connectivity index (χ0n) is 12.7. The van der Waals surface area contributed by atoms with Gasteiger partial charge in [0.15, 0.2) is 0 Å². The van der Waals surface area contributed by atoms with Crippen molar-refractivity contribution in [2.75, 3.05) is 32.7 Å². The Balaban J connectivity index is 1.76. The van der Waals surface area contributed by atoms with E-state index in [1.807, 2.05) is 36.1 Å². The quantitative estimate of drug-likeness (QED) is 0.757. The number of hydrogen-bond acceptors (Lipinski definition) is 4. The Morgan fingerprint density at radius 1 is 1.23 bits per heavy atom. The lowest BCUT2D eigenvalue weighted by Crippen LogP contribution is -2.52. The zero-order valence-corrected chi connectivity index (χ0v) is 13.5. The summed E-state index contributed by atoms with van der Waals surface area (Å²) in [6, 6.07) is 7.90. The molecule has 1 aromatic rings. The molecular weight excluding hydrogens is 304 g/mol. The van der Waals surface area contributed by atoms with Crippen molar-refractivity contribution in [3.05, 3.63) is 35.4 Å². The number of benzene rings is 1. The predicted molar refractivity (Wildman–Crippen MR) is 84.1 cm³/mol. The Morgan fingerprint density at radius 2 is 1.86 bits per heavy atom. The molecule has 122 valence electrons. The molecule has 0 spiro atoms. The third kappa shape index (κ3) is 4.77. The lowest BCUT2D eigenvalue weighted by Gasteiger charge is -2.32. The van der Waals surface area contributed by atoms with E-state index in [0.717, 1.165) is 11.1 Å². The van der Waals surface area contributed by atoms with E-state index in [0.29, 0.717) is 32.7 Å². The molecule has 0 bridgehead atoms. The Labute approximate surface area is 131 Å². The number of hydrogen-bond donors (Lipinski definition) is 2. The standard InChI is InChI=1S/C14H22N4O3S/c1-12-4-2-3-5-13(12)10-16-14(19)11-17-6-8-18(9-7-17)22(15,20)21/h2-5H,6-11H2,1H3,(H,16,19)(H2,15,20,21). The highest BCUT2D eigenvalue weighted by atomic mass is 32.2. The number of nitrogens with one attached hydrogen (secondary N) is 1. The smallest absolute Gasteiger partial charge is 0.276 e. The average molecular weight is 326 g/mol. The van der Waals surface area contributed by atoms with E-state index < -0.39 is 10.2 Å². The van der Waals surface area contributed by atoms with Gasteiger partial charge < -0.3 is 5.32 Å². The number of carbonyl (C=O) groups excluding carboxylic acids is 1. The summed E-state index contributed by atoms with van der Waals surface area (Å²) in [6.45, 7) is 4.44. The van der Waals surface area contributed by atoms with Crippen LogP contribution in [-0.4, -0.2) is 56.3 Å². The molecule has 1 fully saturated rings. The second kappa shape index (κ2) is 7.19. The Bertz CT molecular complexity index is 625. The van der Waals surface area contributed by atoms with E-state index in [1.54, 1.807) is 0 Å². The van der Waals surface area contributed by atoms with Crippen LogP contribution >= 0.6 is 0 Å². The number of amides is 1. The SMILES string of the molecule is Cc1ccccc1CNC(=O)CN1CCN(S(N)(=O)=O)CC1. The van der Waals surface area contributed by atoms with Crippen LogP contribution in [0.2, 0.25) is 0 Å². The number of rotatable bonds is 5. The lowest BCUT2D eigenvalue weighted by atomic mass is 10.1. The Hall–Kier alpha value is -1.48. The first kappa shape index (κ1) is 16.9. The van der Waals surface area contributed by atoms with Gasteiger partial charge in [0.2, 0.25) is 5.91 Å². The summed E-state index contributed by atoms with van der Waals surface area (Å²) in [5.74, 6) is -0.0627. The molecule has 1 saturated heterocycles. The van der Waals surface area contributed by atoms with Gasteiger partial charge >= 0.3 is 0 Å². The van der Waals surface area contributed by atoms with Crippen LogP contribution in [0.25, 0.3) is 0 Å². The first-order chi connectivity index (χ1) is 10.4. The number of nitrogens with two attached hydrogens (primary N) is 1. The number of piperazine rings is 1. The highest BCUT2D eigenvalue weighted by Gasteiger charge is 2.24. The van der Waals surface area contributed by atoms with Gasteiger partial charge in [0, 0.05) is 32.7 Å². The van der Waals surface area contributed by atoms with Gasteiger partial charge in [-0.3, -0.25) is 9.69 Å². The summed E-state index contributed by atoms with van der Waals surface area (Å²) in [5, 5.41) is 7.97. The van der Waals surface area contributed by atoms with Gasteiger partial charge in [0.05, 0.1) is 6.54 Å². The summed E-state index contributed by atoms with van der Waals surface area (Å²) in [7, 11) is -3.62. The lowest BCUT2D eigenvalue weighted by molar-refractivity contribution is -0.122. The molecule has 1 heterocycles. The molecule has 0 saturated carbocycles. The normalized spacial score (nSPS) is 17.4. The highest BCUT2D eigenvalue weighted by Crippen LogP contribution is 2.07. The fourth-order valence-corrected chi connectivity index (χ4v) is 3.08. The average Bonchev–Trinajstić information content (AvgIpc) is 2.46. The van der Waals surface area contributed by atoms with Crippen molar-refractivity contribution < 1.29 is 13.2 Å². The number of carbonyl (C=O) groups is 1. The van der Waals surface area contributed by atoms with Gasteiger partial charge in [-0.15, -0.1) is 0 Å². The van der Waals surface area contributed by atoms with Gasteiger partial charge in [-0.05, 0) is 18.1 Å². The summed E-state index contributed by atoms with van der Waals surface area (Å²) in [6.07, 6.45) is 0. The fourth-order valence-electron chi connectivity index (χ4n) is 2.40. The second-order valence-electron chi connectivity index (χ2n) is 5.42. The molecule has 8 heteroatoms. The first-order valence-electron chi connectivity index (χ1n) is 7.17. The maximum absolute atomic E-state index is 12.0. The maximum atomic E-state index is 12.0. The fraction of sp³-hybridized carbons (Fsp3) is 0.500. The Morgan fingerprint density at radius 3 is 2.45 bits per heavy atom. The van der Waals surface area contributed by atoms with Crippen molar-refractivity contribution in [1.29, 1.82) is 0 Å². The van der Waals surface area contributed by atoms with E-state index >= 15 is 0 Å². The van der Waals surface area contributed by atoms with Crippen LogP contribution in [-0.2, 0) is 21.5 Å². The highest BCUT2D eigenvalue weighted by molar-refractivity contribution is 7.86. The van der Waals surface area contributed by atoms with Gasteiger partial charge in [-0.2, -0.15) is 12.7 Å². The van der Waals surface area contributed by atoms with E-state index in [-0.39, 0.29) is 12.5 Å². The minimum absolute atomic E-state index is 0.0627. The van der Waals surface area contributed by atoms with Crippen LogP contribution < -0.4 is 10.5 Å². The molecule has 7 nitrogen and oxygen atoms in total. The topological polar surface area (TPSA) is 95.7 Å². The van der Waals surface area contributed by atoms with Crippen molar-refractivity contribution in [2.24, 2.45) is 5.14 Å². The van der Waals surface area contributed by atoms with Crippen molar-refractivity contribution in [3.8, 4) is 0 Å². The van der Waals surface area contributed by atoms with Crippen LogP contribution in [0.1, 0.15) is 11.1 Å². The van der Waals surface area contributed by atoms with Crippen LogP contribution in [0.4, 0.5) is 0 Å². The maximum Gasteiger partial charge on any atom is 0.276 e. The molecule has 0 aliphatic carbocycles. The largest absolute Gasteiger partial charge is 0.351 e. The summed E-state index contributed by atoms with van der Waals surface area (Å²) in [5.41, 5.74) is 2.24. The van der Waals surface area contributed by atoms with Gasteiger partial charge in [-0.1, -0.05) is 24.3 Å². The third-order valence-corrected chi connectivity index (χ3v) is 4.88. The molecule has 1 aliphatic heterocycles. The van der Waals surface area contributed by atoms with Crippen LogP contribution in [0, 0.1) is 6.92 Å². The van der Waals surface area contributed by atoms with Crippen molar-refractivity contribution >= 4 is 16.1 Å². The van der Waals surface area contributed by atoms with Crippen molar-refractivity contribution in [1.82, 2.24) is 14.5 Å². The first-order valence-corrected chi connectivity index (χ1v) is 8.68. The van der Waals surface area contributed by atoms with E-state index in [1.165, 1.54) is 4.31 Å². The molecule has 0 atom stereocenters. The molecule has 1 aromatic carbocycles. The second-order valence-corrected chi connectivity index (χ2v) is 6.97. The molecule has 3 N–H and O–H groups in total. The van der Waals surface area contributed by atoms with Gasteiger partial charge in [-0.25, -0.2) is 5.14 Å². The summed E-state index contributed by atoms with van der Waals surface area (Å²) >= 11 is 0. The molecular formula is C14H22N4O3S. The molecule has 1 aliphatic rings. The Kier molecular flexibility index (Phi) is 5.52. The van der Waals surface area contributed by atoms with E-state index in [4.69, 9.17) is 5.14 Å². The predicted octanol–water partition coefficient (Wildman–Crippen LogP) is -0.568. The summed E-state index contributed by atoms with van der Waals surface area (Å²) < 4.78 is 23.7. The monoisotopic (exact) mass is 326 g/mol. The van der Waals surface area contributed by atoms with Gasteiger partial charge in [0.1, 0.15) is 0 Å². The minimum atomic E-state index is -3.62. The molecule has 0 aromatic heterocycles. The minimum Gasteiger partial charge on any atom is -0.351 e. The summed E-state index contributed by atoms with van der Waals surface area (Å²) in [4.78, 5) is 13.9. The van der Waals surface area contributed by atoms with Gasteiger partial charge in [0.25, 0.3) is 10.2 Å². The number of aryl methyl sites for hydroxylation is 1. The van der Waals surface area contributed by atoms with E-state index in [2.05, 4.69) is 5.32 Å². The molecule has 0 unspecified atom stereocenters. The van der Waals surface area contributed by atoms with Crippen LogP contribution in [0.3, 0.4) is 0 Å². The van der Waals surface area contributed by atoms with Crippen molar-refractivity contribution in [3.63, 3.8) is 0 Å². The van der Waals surface area contributed by atoms with Crippen LogP contribution in [0.15, 0.2) is 24.3 Å². The zero-order chi connectivity index (χ0) is 16.2. The van der Waals surface area contributed by atoms with Crippen molar-refractivity contribution in [2.45, 2.75) is 13.5 Å². The van der Waals surface area contributed by atoms with Crippen LogP contribution in [0.5, 0.6) is 0 Å². The third-order valence-electron chi connectivity index (χ3n) is 3.80. The number of nitrogens with zero attached hydrogens (tertiary/aromatic N) is 2.